The predicted octanol–water partition coefficient (Wildman–Crippen LogP) is 1.64. The number of carboxylic acids is 1. The third-order valence-electron chi connectivity index (χ3n) is 2.02. The average Bonchev–Trinajstić information content (AvgIpc) is 2.18. The highest BCUT2D eigenvalue weighted by Crippen LogP contribution is 2.24. The normalized spacial score (nSPS) is 14.6. The first-order chi connectivity index (χ1) is 7.02. The maximum absolute atomic E-state index is 13.4. The Morgan fingerprint density at radius 3 is 2.60 bits per heavy atom. The first kappa shape index (κ1) is 11.6. The van der Waals surface area contributed by atoms with E-state index in [1.54, 1.807) is 0 Å². The second kappa shape index (κ2) is 4.84. The molecule has 0 fully saturated rings. The zero-order valence-corrected chi connectivity index (χ0v) is 7.86. The zero-order chi connectivity index (χ0) is 11.4. The van der Waals surface area contributed by atoms with Crippen LogP contribution in [-0.4, -0.2) is 17.1 Å². The van der Waals surface area contributed by atoms with Crippen LogP contribution in [0.4, 0.5) is 8.78 Å². The molecular weight excluding hydrogens is 204 g/mol. The molecule has 82 valence electrons. The Labute approximate surface area is 85.5 Å². The smallest absolute Gasteiger partial charge is 0.320 e. The van der Waals surface area contributed by atoms with Crippen LogP contribution in [-0.2, 0) is 4.79 Å². The van der Waals surface area contributed by atoms with Crippen molar-refractivity contribution in [3.63, 3.8) is 0 Å². The average molecular weight is 215 g/mol. The van der Waals surface area contributed by atoms with Gasteiger partial charge < -0.3 is 10.8 Å². The van der Waals surface area contributed by atoms with Crippen LogP contribution in [0.3, 0.4) is 0 Å². The Balaban J connectivity index is 2.73. The maximum atomic E-state index is 13.4. The van der Waals surface area contributed by atoms with Gasteiger partial charge in [-0.1, -0.05) is 18.2 Å². The van der Waals surface area contributed by atoms with Gasteiger partial charge in [-0.2, -0.15) is 0 Å². The molecule has 2 atom stereocenters. The second-order valence-corrected chi connectivity index (χ2v) is 3.17. The van der Waals surface area contributed by atoms with Gasteiger partial charge in [0, 0.05) is 12.0 Å². The molecule has 0 saturated carbocycles. The number of rotatable bonds is 4. The summed E-state index contributed by atoms with van der Waals surface area (Å²) in [6.07, 6.45) is -2.13. The summed E-state index contributed by atoms with van der Waals surface area (Å²) in [6.45, 7) is 0. The number of alkyl halides is 1. The minimum absolute atomic E-state index is 0.158. The van der Waals surface area contributed by atoms with Crippen molar-refractivity contribution >= 4 is 5.97 Å². The van der Waals surface area contributed by atoms with Crippen LogP contribution in [0.15, 0.2) is 24.3 Å². The highest BCUT2D eigenvalue weighted by atomic mass is 19.1. The predicted molar refractivity (Wildman–Crippen MR) is 50.5 cm³/mol. The summed E-state index contributed by atoms with van der Waals surface area (Å²) in [4.78, 5) is 10.4. The van der Waals surface area contributed by atoms with Gasteiger partial charge in [0.05, 0.1) is 0 Å². The van der Waals surface area contributed by atoms with E-state index in [1.807, 2.05) is 0 Å². The molecule has 1 rings (SSSR count). The van der Waals surface area contributed by atoms with Crippen molar-refractivity contribution in [2.24, 2.45) is 5.73 Å². The largest absolute Gasteiger partial charge is 0.480 e. The number of halogens is 2. The van der Waals surface area contributed by atoms with Gasteiger partial charge in [0.25, 0.3) is 0 Å². The van der Waals surface area contributed by atoms with E-state index in [1.165, 1.54) is 18.2 Å². The van der Waals surface area contributed by atoms with Crippen molar-refractivity contribution in [2.45, 2.75) is 18.6 Å². The Kier molecular flexibility index (Phi) is 3.74. The van der Waals surface area contributed by atoms with Crippen molar-refractivity contribution < 1.29 is 18.7 Å². The minimum atomic E-state index is -1.70. The highest BCUT2D eigenvalue weighted by Gasteiger charge is 2.21. The van der Waals surface area contributed by atoms with Gasteiger partial charge in [-0.15, -0.1) is 0 Å². The number of hydrogen-bond acceptors (Lipinski definition) is 2. The van der Waals surface area contributed by atoms with E-state index in [9.17, 15) is 13.6 Å². The Bertz CT molecular complexity index is 357. The Hall–Kier alpha value is -1.49. The number of hydrogen-bond donors (Lipinski definition) is 2. The van der Waals surface area contributed by atoms with Crippen molar-refractivity contribution in [1.82, 2.24) is 0 Å². The topological polar surface area (TPSA) is 63.3 Å². The lowest BCUT2D eigenvalue weighted by Crippen LogP contribution is -2.31. The molecular formula is C10H11F2NO2. The molecule has 0 aliphatic rings. The van der Waals surface area contributed by atoms with Gasteiger partial charge in [0.1, 0.15) is 18.0 Å². The summed E-state index contributed by atoms with van der Waals surface area (Å²) in [5.74, 6) is -1.99. The number of aliphatic carboxylic acids is 1. The van der Waals surface area contributed by atoms with Crippen LogP contribution >= 0.6 is 0 Å². The molecule has 0 spiro atoms. The van der Waals surface area contributed by atoms with Gasteiger partial charge in [0.2, 0.25) is 0 Å². The SMILES string of the molecule is NC(CC(F)c1ccccc1F)C(=O)O. The van der Waals surface area contributed by atoms with E-state index in [-0.39, 0.29) is 5.56 Å². The molecule has 1 aromatic carbocycles. The van der Waals surface area contributed by atoms with E-state index >= 15 is 0 Å². The van der Waals surface area contributed by atoms with Crippen LogP contribution < -0.4 is 5.73 Å². The third-order valence-corrected chi connectivity index (χ3v) is 2.02. The van der Waals surface area contributed by atoms with Gasteiger partial charge in [-0.05, 0) is 6.07 Å². The monoisotopic (exact) mass is 215 g/mol. The summed E-state index contributed by atoms with van der Waals surface area (Å²) in [5.41, 5.74) is 4.98. The molecule has 0 aromatic heterocycles. The van der Waals surface area contributed by atoms with Crippen LogP contribution in [0.1, 0.15) is 18.2 Å². The lowest BCUT2D eigenvalue weighted by molar-refractivity contribution is -0.139. The Morgan fingerprint density at radius 2 is 2.07 bits per heavy atom. The lowest BCUT2D eigenvalue weighted by atomic mass is 10.0. The van der Waals surface area contributed by atoms with E-state index in [2.05, 4.69) is 0 Å². The number of carbonyl (C=O) groups is 1. The molecule has 5 heteroatoms. The van der Waals surface area contributed by atoms with Crippen molar-refractivity contribution in [3.05, 3.63) is 35.6 Å². The van der Waals surface area contributed by atoms with E-state index in [0.717, 1.165) is 6.07 Å². The molecule has 3 nitrogen and oxygen atoms in total. The van der Waals surface area contributed by atoms with Crippen molar-refractivity contribution in [2.75, 3.05) is 0 Å². The summed E-state index contributed by atoms with van der Waals surface area (Å²) in [7, 11) is 0. The quantitative estimate of drug-likeness (QED) is 0.802. The first-order valence-electron chi connectivity index (χ1n) is 4.39. The van der Waals surface area contributed by atoms with E-state index in [4.69, 9.17) is 10.8 Å². The van der Waals surface area contributed by atoms with Crippen LogP contribution in [0.25, 0.3) is 0 Å². The fourth-order valence-corrected chi connectivity index (χ4v) is 1.18. The molecule has 1 aromatic rings. The third kappa shape index (κ3) is 2.99. The van der Waals surface area contributed by atoms with Crippen LogP contribution in [0.5, 0.6) is 0 Å². The van der Waals surface area contributed by atoms with E-state index in [0.29, 0.717) is 0 Å². The van der Waals surface area contributed by atoms with Crippen molar-refractivity contribution in [1.29, 1.82) is 0 Å². The zero-order valence-electron chi connectivity index (χ0n) is 7.86. The van der Waals surface area contributed by atoms with E-state index < -0.39 is 30.4 Å². The highest BCUT2D eigenvalue weighted by molar-refractivity contribution is 5.73. The number of nitrogens with two attached hydrogens (primary N) is 1. The van der Waals surface area contributed by atoms with Crippen molar-refractivity contribution in [3.8, 4) is 0 Å². The summed E-state index contributed by atoms with van der Waals surface area (Å²) in [6, 6.07) is 3.99. The minimum Gasteiger partial charge on any atom is -0.480 e. The molecule has 0 radical (unpaired) electrons. The fraction of sp³-hybridized carbons (Fsp3) is 0.300. The number of benzene rings is 1. The lowest BCUT2D eigenvalue weighted by Gasteiger charge is -2.11. The fourth-order valence-electron chi connectivity index (χ4n) is 1.18. The molecule has 0 amide bonds. The molecule has 0 aliphatic heterocycles. The maximum Gasteiger partial charge on any atom is 0.320 e. The molecule has 0 saturated heterocycles. The molecule has 15 heavy (non-hydrogen) atoms. The molecule has 2 unspecified atom stereocenters. The summed E-state index contributed by atoms with van der Waals surface area (Å²) >= 11 is 0. The number of carboxylic acid groups (broad SMARTS) is 1. The van der Waals surface area contributed by atoms with Gasteiger partial charge in [-0.3, -0.25) is 4.79 Å². The molecule has 0 bridgehead atoms. The molecule has 3 N–H and O–H groups in total. The molecule has 0 aliphatic carbocycles. The first-order valence-corrected chi connectivity index (χ1v) is 4.39. The van der Waals surface area contributed by atoms with Crippen LogP contribution in [0, 0.1) is 5.82 Å². The molecule has 0 heterocycles. The van der Waals surface area contributed by atoms with Gasteiger partial charge in [0.15, 0.2) is 0 Å². The van der Waals surface area contributed by atoms with Gasteiger partial charge >= 0.3 is 5.97 Å². The Morgan fingerprint density at radius 1 is 1.47 bits per heavy atom. The standard InChI is InChI=1S/C10H11F2NO2/c11-7-4-2-1-3-6(7)8(12)5-9(13)10(14)15/h1-4,8-9H,5,13H2,(H,14,15). The summed E-state index contributed by atoms with van der Waals surface area (Å²) in [5, 5.41) is 8.46. The summed E-state index contributed by atoms with van der Waals surface area (Å²) < 4.78 is 26.5. The van der Waals surface area contributed by atoms with Crippen LogP contribution in [0.2, 0.25) is 0 Å². The second-order valence-electron chi connectivity index (χ2n) is 3.17. The van der Waals surface area contributed by atoms with Gasteiger partial charge in [-0.25, -0.2) is 8.78 Å².